The molecule has 0 N–H and O–H groups in total. The first kappa shape index (κ1) is 21.6. The van der Waals surface area contributed by atoms with Gasteiger partial charge in [-0.25, -0.2) is 0 Å². The van der Waals surface area contributed by atoms with Crippen LogP contribution < -0.4 is 4.74 Å². The maximum atomic E-state index is 12.5. The lowest BCUT2D eigenvalue weighted by Gasteiger charge is -2.20. The molecule has 0 unspecified atom stereocenters. The molecule has 27 heavy (non-hydrogen) atoms. The first-order valence-electron chi connectivity index (χ1n) is 8.55. The molecule has 0 saturated heterocycles. The molecule has 0 spiro atoms. The van der Waals surface area contributed by atoms with Crippen LogP contribution >= 0.6 is 0 Å². The van der Waals surface area contributed by atoms with Gasteiger partial charge in [-0.1, -0.05) is 19.1 Å². The molecule has 1 aliphatic rings. The average Bonchev–Trinajstić information content (AvgIpc) is 2.93. The molecule has 2 atom stereocenters. The fraction of sp³-hybridized carbons (Fsp3) is 0.556. The Morgan fingerprint density at radius 2 is 1.85 bits per heavy atom. The van der Waals surface area contributed by atoms with Crippen LogP contribution in [0.3, 0.4) is 0 Å². The van der Waals surface area contributed by atoms with Gasteiger partial charge in [0.1, 0.15) is 11.5 Å². The predicted molar refractivity (Wildman–Crippen MR) is 93.3 cm³/mol. The van der Waals surface area contributed by atoms with Gasteiger partial charge < -0.3 is 13.7 Å². The van der Waals surface area contributed by atoms with Gasteiger partial charge in [0, 0.05) is 12.5 Å². The van der Waals surface area contributed by atoms with E-state index in [1.165, 1.54) is 6.08 Å². The van der Waals surface area contributed by atoms with Crippen LogP contribution in [-0.4, -0.2) is 27.6 Å². The van der Waals surface area contributed by atoms with E-state index in [4.69, 9.17) is 9.47 Å². The number of alkyl halides is 3. The molecule has 152 valence electrons. The smallest absolute Gasteiger partial charge is 0.497 e. The van der Waals surface area contributed by atoms with Gasteiger partial charge in [-0.05, 0) is 49.0 Å². The third kappa shape index (κ3) is 5.87. The lowest BCUT2D eigenvalue weighted by molar-refractivity contribution is -0.0527. The first-order chi connectivity index (χ1) is 12.6. The molecule has 5 nitrogen and oxygen atoms in total. The van der Waals surface area contributed by atoms with Crippen molar-refractivity contribution < 1.29 is 35.2 Å². The maximum absolute atomic E-state index is 12.5. The van der Waals surface area contributed by atoms with Gasteiger partial charge in [-0.2, -0.15) is 21.6 Å². The predicted octanol–water partition coefficient (Wildman–Crippen LogP) is 4.40. The van der Waals surface area contributed by atoms with E-state index in [-0.39, 0.29) is 17.6 Å². The van der Waals surface area contributed by atoms with E-state index >= 15 is 0 Å². The van der Waals surface area contributed by atoms with Crippen LogP contribution in [-0.2, 0) is 25.6 Å². The molecule has 0 aromatic heterocycles. The summed E-state index contributed by atoms with van der Waals surface area (Å²) in [5.41, 5.74) is -4.45. The highest BCUT2D eigenvalue weighted by Crippen LogP contribution is 2.38. The summed E-state index contributed by atoms with van der Waals surface area (Å²) in [6, 6.07) is 7.42. The first-order valence-corrected chi connectivity index (χ1v) is 9.96. The number of halogens is 3. The Hall–Kier alpha value is -1.74. The van der Waals surface area contributed by atoms with Crippen LogP contribution in [0.25, 0.3) is 0 Å². The van der Waals surface area contributed by atoms with Crippen molar-refractivity contribution in [2.45, 2.75) is 38.3 Å². The summed E-state index contributed by atoms with van der Waals surface area (Å²) in [5.74, 6) is 0.286. The Labute approximate surface area is 157 Å². The Kier molecular flexibility index (Phi) is 7.16. The summed E-state index contributed by atoms with van der Waals surface area (Å²) >= 11 is 0. The molecule has 0 heterocycles. The van der Waals surface area contributed by atoms with Gasteiger partial charge in [0.2, 0.25) is 0 Å². The Balaban J connectivity index is 1.79. The summed E-state index contributed by atoms with van der Waals surface area (Å²) in [5, 5.41) is 0. The lowest BCUT2D eigenvalue weighted by Crippen LogP contribution is -2.27. The van der Waals surface area contributed by atoms with Crippen molar-refractivity contribution in [1.29, 1.82) is 0 Å². The number of ether oxygens (including phenoxy) is 2. The van der Waals surface area contributed by atoms with Crippen LogP contribution in [0.2, 0.25) is 0 Å². The minimum absolute atomic E-state index is 0.0185. The SMILES string of the molecule is COc1ccc(COCCC[C@@H]2C(OS(=O)(=O)C(F)(F)F)=CC[C@@H]2C)cc1. The van der Waals surface area contributed by atoms with E-state index in [0.717, 1.165) is 11.3 Å². The van der Waals surface area contributed by atoms with Crippen LogP contribution in [0.15, 0.2) is 36.1 Å². The minimum atomic E-state index is -5.62. The Morgan fingerprint density at radius 3 is 2.44 bits per heavy atom. The molecule has 1 aromatic carbocycles. The van der Waals surface area contributed by atoms with Crippen molar-refractivity contribution >= 4 is 10.1 Å². The zero-order valence-corrected chi connectivity index (χ0v) is 16.0. The van der Waals surface area contributed by atoms with E-state index in [2.05, 4.69) is 4.18 Å². The highest BCUT2D eigenvalue weighted by molar-refractivity contribution is 7.87. The third-order valence-electron chi connectivity index (χ3n) is 4.46. The summed E-state index contributed by atoms with van der Waals surface area (Å²) < 4.78 is 75.0. The second kappa shape index (κ2) is 8.97. The van der Waals surface area contributed by atoms with Crippen molar-refractivity contribution in [3.05, 3.63) is 41.7 Å². The van der Waals surface area contributed by atoms with Crippen molar-refractivity contribution in [3.63, 3.8) is 0 Å². The van der Waals surface area contributed by atoms with Crippen molar-refractivity contribution in [1.82, 2.24) is 0 Å². The molecule has 1 aromatic rings. The molecule has 0 radical (unpaired) electrons. The number of rotatable bonds is 9. The Bertz CT molecular complexity index is 741. The van der Waals surface area contributed by atoms with Crippen LogP contribution in [0.1, 0.15) is 31.7 Å². The highest BCUT2D eigenvalue weighted by Gasteiger charge is 2.49. The van der Waals surface area contributed by atoms with Crippen molar-refractivity contribution in [2.24, 2.45) is 11.8 Å². The molecule has 0 aliphatic heterocycles. The highest BCUT2D eigenvalue weighted by atomic mass is 32.2. The third-order valence-corrected chi connectivity index (χ3v) is 5.44. The zero-order valence-electron chi connectivity index (χ0n) is 15.2. The van der Waals surface area contributed by atoms with Crippen LogP contribution in [0.5, 0.6) is 5.75 Å². The number of allylic oxidation sites excluding steroid dienone is 2. The number of methoxy groups -OCH3 is 1. The number of benzene rings is 1. The standard InChI is InChI=1S/C18H23F3O5S/c1-13-5-10-17(26-27(22,23)18(19,20)21)16(13)4-3-11-25-12-14-6-8-15(24-2)9-7-14/h6-10,13,16H,3-5,11-12H2,1-2H3/t13-,16-/m0/s1. The average molecular weight is 408 g/mol. The van der Waals surface area contributed by atoms with E-state index in [9.17, 15) is 21.6 Å². The normalized spacial score (nSPS) is 20.4. The summed E-state index contributed by atoms with van der Waals surface area (Å²) in [4.78, 5) is 0. The number of hydrogen-bond acceptors (Lipinski definition) is 5. The fourth-order valence-electron chi connectivity index (χ4n) is 2.91. The van der Waals surface area contributed by atoms with E-state index in [0.29, 0.717) is 32.5 Å². The van der Waals surface area contributed by atoms with Gasteiger partial charge in [0.15, 0.2) is 0 Å². The minimum Gasteiger partial charge on any atom is -0.497 e. The lowest BCUT2D eigenvalue weighted by atomic mass is 9.92. The van der Waals surface area contributed by atoms with Gasteiger partial charge in [0.05, 0.1) is 13.7 Å². The zero-order chi connectivity index (χ0) is 20.1. The molecular formula is C18H23F3O5S. The topological polar surface area (TPSA) is 61.8 Å². The molecule has 0 fully saturated rings. The molecule has 0 amide bonds. The van der Waals surface area contributed by atoms with E-state index in [1.807, 2.05) is 31.2 Å². The maximum Gasteiger partial charge on any atom is 0.534 e. The monoisotopic (exact) mass is 408 g/mol. The summed E-state index contributed by atoms with van der Waals surface area (Å²) in [6.45, 7) is 2.68. The second-order valence-corrected chi connectivity index (χ2v) is 7.99. The van der Waals surface area contributed by atoms with Crippen LogP contribution in [0, 0.1) is 11.8 Å². The fourth-order valence-corrected chi connectivity index (χ4v) is 3.45. The molecular weight excluding hydrogens is 385 g/mol. The van der Waals surface area contributed by atoms with E-state index in [1.54, 1.807) is 7.11 Å². The number of hydrogen-bond donors (Lipinski definition) is 0. The molecule has 2 rings (SSSR count). The van der Waals surface area contributed by atoms with Crippen molar-refractivity contribution in [3.8, 4) is 5.75 Å². The van der Waals surface area contributed by atoms with Gasteiger partial charge >= 0.3 is 15.6 Å². The molecule has 1 aliphatic carbocycles. The van der Waals surface area contributed by atoms with Crippen LogP contribution in [0.4, 0.5) is 13.2 Å². The second-order valence-electron chi connectivity index (χ2n) is 6.45. The Morgan fingerprint density at radius 1 is 1.19 bits per heavy atom. The molecule has 0 saturated carbocycles. The van der Waals surface area contributed by atoms with Gasteiger partial charge in [-0.15, -0.1) is 0 Å². The largest absolute Gasteiger partial charge is 0.534 e. The van der Waals surface area contributed by atoms with Gasteiger partial charge in [-0.3, -0.25) is 0 Å². The quantitative estimate of drug-likeness (QED) is 0.344. The molecule has 9 heteroatoms. The molecule has 0 bridgehead atoms. The van der Waals surface area contributed by atoms with Gasteiger partial charge in [0.25, 0.3) is 0 Å². The van der Waals surface area contributed by atoms with E-state index < -0.39 is 15.6 Å². The summed E-state index contributed by atoms with van der Waals surface area (Å²) in [6.07, 6.45) is 2.98. The van der Waals surface area contributed by atoms with Crippen molar-refractivity contribution in [2.75, 3.05) is 13.7 Å². The summed E-state index contributed by atoms with van der Waals surface area (Å²) in [7, 11) is -4.04.